The van der Waals surface area contributed by atoms with Gasteiger partial charge in [0, 0.05) is 10.7 Å². The molecule has 2 N–H and O–H groups in total. The molecule has 0 saturated heterocycles. The van der Waals surface area contributed by atoms with Gasteiger partial charge in [0.1, 0.15) is 11.6 Å². The smallest absolute Gasteiger partial charge is 0.407 e. The fraction of sp³-hybridized carbons (Fsp3) is 0.429. The van der Waals surface area contributed by atoms with Crippen molar-refractivity contribution in [3.8, 4) is 6.07 Å². The summed E-state index contributed by atoms with van der Waals surface area (Å²) in [6, 6.07) is 8.52. The molecule has 1 atom stereocenters. The second kappa shape index (κ2) is 7.01. The fourth-order valence-corrected chi connectivity index (χ4v) is 1.60. The number of anilines is 1. The Balaban J connectivity index is 2.49. The monoisotopic (exact) mass is 295 g/mol. The van der Waals surface area contributed by atoms with Crippen LogP contribution in [0.2, 0.25) is 5.02 Å². The molecule has 0 saturated carbocycles. The van der Waals surface area contributed by atoms with Gasteiger partial charge in [-0.15, -0.1) is 0 Å². The first-order valence-electron chi connectivity index (χ1n) is 6.19. The Morgan fingerprint density at radius 3 is 2.75 bits per heavy atom. The first-order valence-corrected chi connectivity index (χ1v) is 6.56. The van der Waals surface area contributed by atoms with Crippen LogP contribution in [-0.4, -0.2) is 24.3 Å². The molecular weight excluding hydrogens is 278 g/mol. The number of ether oxygens (including phenoxy) is 1. The number of alkyl carbamates (subject to hydrolysis) is 1. The van der Waals surface area contributed by atoms with Crippen molar-refractivity contribution in [3.05, 3.63) is 29.3 Å². The molecule has 0 bridgehead atoms. The van der Waals surface area contributed by atoms with Gasteiger partial charge in [-0.1, -0.05) is 17.7 Å². The lowest BCUT2D eigenvalue weighted by Crippen LogP contribution is -2.39. The fourth-order valence-electron chi connectivity index (χ4n) is 1.41. The summed E-state index contributed by atoms with van der Waals surface area (Å²) in [4.78, 5) is 11.5. The third-order valence-electron chi connectivity index (χ3n) is 2.17. The van der Waals surface area contributed by atoms with E-state index in [2.05, 4.69) is 16.7 Å². The highest BCUT2D eigenvalue weighted by atomic mass is 35.5. The average molecular weight is 296 g/mol. The summed E-state index contributed by atoms with van der Waals surface area (Å²) < 4.78 is 5.09. The van der Waals surface area contributed by atoms with Gasteiger partial charge in [0.05, 0.1) is 12.6 Å². The predicted octanol–water partition coefficient (Wildman–Crippen LogP) is 3.17. The van der Waals surface area contributed by atoms with Gasteiger partial charge in [-0.3, -0.25) is 0 Å². The number of halogens is 1. The number of hydrogen-bond acceptors (Lipinski definition) is 4. The maximum atomic E-state index is 11.5. The molecular formula is C14H18ClN3O2. The van der Waals surface area contributed by atoms with Crippen LogP contribution in [-0.2, 0) is 4.74 Å². The van der Waals surface area contributed by atoms with Crippen molar-refractivity contribution < 1.29 is 9.53 Å². The molecule has 1 amide bonds. The number of hydrogen-bond donors (Lipinski definition) is 2. The van der Waals surface area contributed by atoms with Crippen molar-refractivity contribution in [1.29, 1.82) is 5.26 Å². The first kappa shape index (κ1) is 16.1. The van der Waals surface area contributed by atoms with Crippen LogP contribution in [0, 0.1) is 11.3 Å². The maximum absolute atomic E-state index is 11.5. The summed E-state index contributed by atoms with van der Waals surface area (Å²) in [5.41, 5.74) is 0.155. The van der Waals surface area contributed by atoms with Crippen LogP contribution >= 0.6 is 11.6 Å². The Hall–Kier alpha value is -1.93. The second-order valence-corrected chi connectivity index (χ2v) is 5.66. The number of carbonyl (C=O) groups is 1. The number of carbonyl (C=O) groups excluding carboxylic acids is 1. The van der Waals surface area contributed by atoms with Gasteiger partial charge in [-0.25, -0.2) is 4.79 Å². The van der Waals surface area contributed by atoms with E-state index in [4.69, 9.17) is 21.6 Å². The molecule has 0 heterocycles. The molecule has 0 aliphatic heterocycles. The summed E-state index contributed by atoms with van der Waals surface area (Å²) in [6.07, 6.45) is -0.550. The standard InChI is InChI=1S/C14H18ClN3O2/c1-14(2,3)20-13(19)17-9-12(8-16)18-11-6-4-5-10(15)7-11/h4-7,12,18H,9H2,1-3H3,(H,17,19). The van der Waals surface area contributed by atoms with Gasteiger partial charge in [0.2, 0.25) is 0 Å². The number of rotatable bonds is 4. The molecule has 0 aliphatic carbocycles. The zero-order valence-electron chi connectivity index (χ0n) is 11.7. The summed E-state index contributed by atoms with van der Waals surface area (Å²) in [5, 5.41) is 15.2. The van der Waals surface area contributed by atoms with Crippen LogP contribution in [0.15, 0.2) is 24.3 Å². The van der Waals surface area contributed by atoms with Crippen molar-refractivity contribution in [2.45, 2.75) is 32.4 Å². The van der Waals surface area contributed by atoms with Crippen LogP contribution in [0.5, 0.6) is 0 Å². The van der Waals surface area contributed by atoms with E-state index in [-0.39, 0.29) is 6.54 Å². The van der Waals surface area contributed by atoms with Gasteiger partial charge in [-0.2, -0.15) is 5.26 Å². The summed E-state index contributed by atoms with van der Waals surface area (Å²) in [7, 11) is 0. The molecule has 0 fully saturated rings. The Morgan fingerprint density at radius 2 is 2.20 bits per heavy atom. The Morgan fingerprint density at radius 1 is 1.50 bits per heavy atom. The zero-order chi connectivity index (χ0) is 15.2. The molecule has 20 heavy (non-hydrogen) atoms. The van der Waals surface area contributed by atoms with Gasteiger partial charge < -0.3 is 15.4 Å². The molecule has 0 aromatic heterocycles. The third-order valence-corrected chi connectivity index (χ3v) is 2.41. The first-order chi connectivity index (χ1) is 9.30. The molecule has 0 spiro atoms. The number of nitrogens with one attached hydrogen (secondary N) is 2. The van der Waals surface area contributed by atoms with Crippen molar-refractivity contribution in [2.75, 3.05) is 11.9 Å². The molecule has 1 unspecified atom stereocenters. The van der Waals surface area contributed by atoms with Crippen molar-refractivity contribution in [3.63, 3.8) is 0 Å². The van der Waals surface area contributed by atoms with E-state index in [1.54, 1.807) is 45.0 Å². The molecule has 1 aromatic rings. The van der Waals surface area contributed by atoms with Gasteiger partial charge in [-0.05, 0) is 39.0 Å². The Kier molecular flexibility index (Phi) is 5.66. The number of benzene rings is 1. The zero-order valence-corrected chi connectivity index (χ0v) is 12.5. The van der Waals surface area contributed by atoms with E-state index >= 15 is 0 Å². The average Bonchev–Trinajstić information content (AvgIpc) is 2.32. The topological polar surface area (TPSA) is 74.1 Å². The van der Waals surface area contributed by atoms with Gasteiger partial charge in [0.25, 0.3) is 0 Å². The van der Waals surface area contributed by atoms with Crippen molar-refractivity contribution in [1.82, 2.24) is 5.32 Å². The van der Waals surface area contributed by atoms with Gasteiger partial charge >= 0.3 is 6.09 Å². The third kappa shape index (κ3) is 6.30. The summed E-state index contributed by atoms with van der Waals surface area (Å²) in [5.74, 6) is 0. The van der Waals surface area contributed by atoms with Crippen molar-refractivity contribution >= 4 is 23.4 Å². The molecule has 108 valence electrons. The molecule has 0 aliphatic rings. The van der Waals surface area contributed by atoms with E-state index in [1.807, 2.05) is 0 Å². The molecule has 1 aromatic carbocycles. The normalized spacial score (nSPS) is 12.2. The lowest BCUT2D eigenvalue weighted by molar-refractivity contribution is 0.0527. The second-order valence-electron chi connectivity index (χ2n) is 5.22. The maximum Gasteiger partial charge on any atom is 0.407 e. The summed E-state index contributed by atoms with van der Waals surface area (Å²) in [6.45, 7) is 5.47. The highest BCUT2D eigenvalue weighted by molar-refractivity contribution is 6.30. The molecule has 1 rings (SSSR count). The number of nitrogens with zero attached hydrogens (tertiary/aromatic N) is 1. The van der Waals surface area contributed by atoms with Crippen LogP contribution in [0.3, 0.4) is 0 Å². The van der Waals surface area contributed by atoms with Crippen molar-refractivity contribution in [2.24, 2.45) is 0 Å². The van der Waals surface area contributed by atoms with Crippen LogP contribution in [0.4, 0.5) is 10.5 Å². The predicted molar refractivity (Wildman–Crippen MR) is 78.7 cm³/mol. The van der Waals surface area contributed by atoms with Gasteiger partial charge in [0.15, 0.2) is 0 Å². The van der Waals surface area contributed by atoms with E-state index in [0.717, 1.165) is 5.69 Å². The highest BCUT2D eigenvalue weighted by Crippen LogP contribution is 2.15. The van der Waals surface area contributed by atoms with E-state index < -0.39 is 17.7 Å². The lowest BCUT2D eigenvalue weighted by Gasteiger charge is -2.20. The molecule has 0 radical (unpaired) electrons. The Bertz CT molecular complexity index is 506. The minimum atomic E-state index is -0.569. The van der Waals surface area contributed by atoms with Crippen LogP contribution in [0.1, 0.15) is 20.8 Å². The van der Waals surface area contributed by atoms with E-state index in [0.29, 0.717) is 5.02 Å². The highest BCUT2D eigenvalue weighted by Gasteiger charge is 2.17. The van der Waals surface area contributed by atoms with E-state index in [9.17, 15) is 4.79 Å². The summed E-state index contributed by atoms with van der Waals surface area (Å²) >= 11 is 5.86. The minimum Gasteiger partial charge on any atom is -0.444 e. The molecule has 5 nitrogen and oxygen atoms in total. The molecule has 6 heteroatoms. The lowest BCUT2D eigenvalue weighted by atomic mass is 10.2. The van der Waals surface area contributed by atoms with Crippen LogP contribution in [0.25, 0.3) is 0 Å². The van der Waals surface area contributed by atoms with Crippen LogP contribution < -0.4 is 10.6 Å². The van der Waals surface area contributed by atoms with E-state index in [1.165, 1.54) is 0 Å². The Labute approximate surface area is 123 Å². The number of amides is 1. The minimum absolute atomic E-state index is 0.137. The largest absolute Gasteiger partial charge is 0.444 e. The number of nitriles is 1. The quantitative estimate of drug-likeness (QED) is 0.895. The SMILES string of the molecule is CC(C)(C)OC(=O)NCC(C#N)Nc1cccc(Cl)c1.